The van der Waals surface area contributed by atoms with E-state index in [-0.39, 0.29) is 5.41 Å². The van der Waals surface area contributed by atoms with E-state index in [9.17, 15) is 5.11 Å². The van der Waals surface area contributed by atoms with Gasteiger partial charge in [-0.15, -0.1) is 0 Å². The first-order valence-electron chi connectivity index (χ1n) is 10.4. The highest BCUT2D eigenvalue weighted by atomic mass is 16.5. The van der Waals surface area contributed by atoms with Crippen molar-refractivity contribution in [3.05, 3.63) is 23.3 Å². The second kappa shape index (κ2) is 9.12. The highest BCUT2D eigenvalue weighted by molar-refractivity contribution is 5.51. The van der Waals surface area contributed by atoms with E-state index in [2.05, 4.69) is 26.8 Å². The number of aliphatic hydroxyl groups is 1. The number of benzene rings is 1. The third kappa shape index (κ3) is 4.73. The second-order valence-corrected chi connectivity index (χ2v) is 8.54. The van der Waals surface area contributed by atoms with E-state index in [4.69, 9.17) is 9.47 Å². The van der Waals surface area contributed by atoms with Gasteiger partial charge in [0.25, 0.3) is 0 Å². The van der Waals surface area contributed by atoms with E-state index in [1.54, 1.807) is 14.2 Å². The van der Waals surface area contributed by atoms with Gasteiger partial charge in [0.05, 0.1) is 19.8 Å². The van der Waals surface area contributed by atoms with Gasteiger partial charge in [0, 0.05) is 11.1 Å². The van der Waals surface area contributed by atoms with Gasteiger partial charge in [-0.3, -0.25) is 0 Å². The van der Waals surface area contributed by atoms with Gasteiger partial charge >= 0.3 is 0 Å². The lowest BCUT2D eigenvalue weighted by Crippen LogP contribution is -2.29. The molecule has 0 aliphatic heterocycles. The number of ether oxygens (including phenoxy) is 2. The van der Waals surface area contributed by atoms with Crippen molar-refractivity contribution in [1.82, 2.24) is 0 Å². The molecule has 0 aromatic heterocycles. The molecule has 1 saturated carbocycles. The predicted molar refractivity (Wildman–Crippen MR) is 108 cm³/mol. The van der Waals surface area contributed by atoms with Gasteiger partial charge in [0.2, 0.25) is 0 Å². The molecule has 148 valence electrons. The Morgan fingerprint density at radius 1 is 0.962 bits per heavy atom. The van der Waals surface area contributed by atoms with Crippen LogP contribution in [0.5, 0.6) is 11.5 Å². The smallest absolute Gasteiger partial charge is 0.125 e. The Kier molecular flexibility index (Phi) is 7.40. The van der Waals surface area contributed by atoms with Crippen molar-refractivity contribution in [3.8, 4) is 11.5 Å². The lowest BCUT2D eigenvalue weighted by Gasteiger charge is -2.35. The summed E-state index contributed by atoms with van der Waals surface area (Å²) in [6, 6.07) is 4.15. The third-order valence-corrected chi connectivity index (χ3v) is 6.09. The number of rotatable bonds is 9. The van der Waals surface area contributed by atoms with Crippen LogP contribution in [0.15, 0.2) is 12.1 Å². The minimum absolute atomic E-state index is 0.0140. The van der Waals surface area contributed by atoms with Crippen LogP contribution >= 0.6 is 0 Å². The number of hydrogen-bond donors (Lipinski definition) is 1. The third-order valence-electron chi connectivity index (χ3n) is 6.09. The average molecular weight is 363 g/mol. The lowest BCUT2D eigenvalue weighted by atomic mass is 9.75. The van der Waals surface area contributed by atoms with Crippen LogP contribution in [0.2, 0.25) is 0 Å². The zero-order chi connectivity index (χ0) is 19.2. The molecule has 3 nitrogen and oxygen atoms in total. The molecule has 0 saturated heterocycles. The van der Waals surface area contributed by atoms with Crippen LogP contribution in [0.1, 0.15) is 96.1 Å². The highest BCUT2D eigenvalue weighted by Crippen LogP contribution is 2.46. The summed E-state index contributed by atoms with van der Waals surface area (Å²) in [7, 11) is 3.43. The van der Waals surface area contributed by atoms with Crippen molar-refractivity contribution >= 4 is 0 Å². The summed E-state index contributed by atoms with van der Waals surface area (Å²) < 4.78 is 11.5. The maximum Gasteiger partial charge on any atom is 0.125 e. The van der Waals surface area contributed by atoms with Crippen LogP contribution in [-0.2, 0) is 11.0 Å². The van der Waals surface area contributed by atoms with Crippen LogP contribution in [-0.4, -0.2) is 19.3 Å². The Morgan fingerprint density at radius 2 is 1.62 bits per heavy atom. The zero-order valence-electron chi connectivity index (χ0n) is 17.5. The van der Waals surface area contributed by atoms with Crippen molar-refractivity contribution in [2.45, 2.75) is 96.0 Å². The molecule has 0 amide bonds. The summed E-state index contributed by atoms with van der Waals surface area (Å²) in [6.45, 7) is 6.81. The Bertz CT molecular complexity index is 571. The molecule has 0 unspecified atom stereocenters. The van der Waals surface area contributed by atoms with Gasteiger partial charge in [-0.25, -0.2) is 0 Å². The van der Waals surface area contributed by atoms with Crippen molar-refractivity contribution in [3.63, 3.8) is 0 Å². The maximum absolute atomic E-state index is 11.2. The molecular weight excluding hydrogens is 324 g/mol. The minimum Gasteiger partial charge on any atom is -0.496 e. The number of methoxy groups -OCH3 is 2. The van der Waals surface area contributed by atoms with Crippen molar-refractivity contribution in [2.24, 2.45) is 0 Å². The first kappa shape index (κ1) is 21.1. The lowest BCUT2D eigenvalue weighted by molar-refractivity contribution is -0.00280. The molecule has 3 heteroatoms. The van der Waals surface area contributed by atoms with Gasteiger partial charge in [-0.1, -0.05) is 65.7 Å². The summed E-state index contributed by atoms with van der Waals surface area (Å²) in [5, 5.41) is 11.2. The largest absolute Gasteiger partial charge is 0.496 e. The number of unbranched alkanes of at least 4 members (excludes halogenated alkanes) is 3. The van der Waals surface area contributed by atoms with E-state index in [0.29, 0.717) is 0 Å². The van der Waals surface area contributed by atoms with Gasteiger partial charge in [0.1, 0.15) is 11.5 Å². The first-order chi connectivity index (χ1) is 12.4. The fraction of sp³-hybridized carbons (Fsp3) is 0.739. The van der Waals surface area contributed by atoms with Gasteiger partial charge in [0.15, 0.2) is 0 Å². The molecule has 0 atom stereocenters. The summed E-state index contributed by atoms with van der Waals surface area (Å²) >= 11 is 0. The molecule has 1 aromatic rings. The van der Waals surface area contributed by atoms with Crippen LogP contribution in [0.25, 0.3) is 0 Å². The molecule has 0 radical (unpaired) electrons. The molecule has 0 bridgehead atoms. The van der Waals surface area contributed by atoms with E-state index in [0.717, 1.165) is 49.2 Å². The molecule has 0 spiro atoms. The van der Waals surface area contributed by atoms with Gasteiger partial charge < -0.3 is 14.6 Å². The fourth-order valence-electron chi connectivity index (χ4n) is 4.32. The molecular formula is C23H38O3. The molecule has 1 fully saturated rings. The van der Waals surface area contributed by atoms with Gasteiger partial charge in [-0.05, 0) is 36.8 Å². The van der Waals surface area contributed by atoms with Crippen LogP contribution in [0.3, 0.4) is 0 Å². The predicted octanol–water partition coefficient (Wildman–Crippen LogP) is 6.10. The molecule has 2 rings (SSSR count). The maximum atomic E-state index is 11.2. The van der Waals surface area contributed by atoms with E-state index >= 15 is 0 Å². The fourth-order valence-corrected chi connectivity index (χ4v) is 4.32. The molecule has 1 aromatic carbocycles. The summed E-state index contributed by atoms with van der Waals surface area (Å²) in [6.07, 6.45) is 11.1. The minimum atomic E-state index is -0.791. The quantitative estimate of drug-likeness (QED) is 0.539. The van der Waals surface area contributed by atoms with E-state index in [1.807, 2.05) is 6.07 Å². The number of hydrogen-bond acceptors (Lipinski definition) is 3. The molecule has 1 N–H and O–H groups in total. The highest BCUT2D eigenvalue weighted by Gasteiger charge is 2.36. The SMILES string of the molecule is CCCCCCC(C)(C)c1cc(OC)c(C2(O)CCCCC2)cc1OC. The van der Waals surface area contributed by atoms with Crippen molar-refractivity contribution in [1.29, 1.82) is 0 Å². The average Bonchev–Trinajstić information content (AvgIpc) is 2.64. The molecule has 1 aliphatic carbocycles. The van der Waals surface area contributed by atoms with E-state index < -0.39 is 5.60 Å². The Hall–Kier alpha value is -1.22. The van der Waals surface area contributed by atoms with Crippen LogP contribution < -0.4 is 9.47 Å². The molecule has 0 heterocycles. The zero-order valence-corrected chi connectivity index (χ0v) is 17.5. The monoisotopic (exact) mass is 362 g/mol. The Labute approximate surface area is 160 Å². The van der Waals surface area contributed by atoms with Crippen LogP contribution in [0.4, 0.5) is 0 Å². The summed E-state index contributed by atoms with van der Waals surface area (Å²) in [5.74, 6) is 1.67. The Morgan fingerprint density at radius 3 is 2.19 bits per heavy atom. The van der Waals surface area contributed by atoms with Crippen molar-refractivity contribution < 1.29 is 14.6 Å². The summed E-state index contributed by atoms with van der Waals surface area (Å²) in [4.78, 5) is 0. The van der Waals surface area contributed by atoms with Crippen molar-refractivity contribution in [2.75, 3.05) is 14.2 Å². The van der Waals surface area contributed by atoms with Crippen LogP contribution in [0, 0.1) is 0 Å². The topological polar surface area (TPSA) is 38.7 Å². The normalized spacial score (nSPS) is 17.2. The van der Waals surface area contributed by atoms with Gasteiger partial charge in [-0.2, -0.15) is 0 Å². The van der Waals surface area contributed by atoms with E-state index in [1.165, 1.54) is 37.7 Å². The molecule has 26 heavy (non-hydrogen) atoms. The standard InChI is InChI=1S/C23H38O3/c1-6-7-8-10-13-22(2,3)18-16-21(26-5)19(17-20(18)25-4)23(24)14-11-9-12-15-23/h16-17,24H,6-15H2,1-5H3. The summed E-state index contributed by atoms with van der Waals surface area (Å²) in [5.41, 5.74) is 1.29. The Balaban J connectivity index is 2.35. The first-order valence-corrected chi connectivity index (χ1v) is 10.4. The second-order valence-electron chi connectivity index (χ2n) is 8.54. The molecule has 1 aliphatic rings.